The standard InChI is InChI=1S/C17H21N3O5S/c1-24-9-7-14(18)19-25-17(23)13(8-10-26-2)20-15(21)11-5-3-4-6-12(11)16(20)22/h3-6,13H,7-10H2,1-2H3,(H2,18,19)/t13-/m0/s1. The number of nitrogens with two attached hydrogens (primary N) is 1. The van der Waals surface area contributed by atoms with Crippen molar-refractivity contribution in [3.63, 3.8) is 0 Å². The number of rotatable bonds is 9. The fourth-order valence-corrected chi connectivity index (χ4v) is 2.95. The van der Waals surface area contributed by atoms with Gasteiger partial charge in [0, 0.05) is 13.5 Å². The number of benzene rings is 1. The third-order valence-electron chi connectivity index (χ3n) is 3.82. The molecule has 140 valence electrons. The number of amides is 2. The summed E-state index contributed by atoms with van der Waals surface area (Å²) >= 11 is 1.49. The molecule has 0 saturated carbocycles. The van der Waals surface area contributed by atoms with E-state index < -0.39 is 23.8 Å². The average molecular weight is 379 g/mol. The third kappa shape index (κ3) is 4.41. The van der Waals surface area contributed by atoms with Crippen molar-refractivity contribution in [3.8, 4) is 0 Å². The highest BCUT2D eigenvalue weighted by atomic mass is 32.2. The second-order valence-electron chi connectivity index (χ2n) is 5.56. The van der Waals surface area contributed by atoms with E-state index in [0.717, 1.165) is 4.90 Å². The summed E-state index contributed by atoms with van der Waals surface area (Å²) in [5.74, 6) is -1.16. The first-order valence-electron chi connectivity index (χ1n) is 7.99. The van der Waals surface area contributed by atoms with Crippen LogP contribution in [-0.4, -0.2) is 60.3 Å². The predicted octanol–water partition coefficient (Wildman–Crippen LogP) is 1.26. The van der Waals surface area contributed by atoms with Gasteiger partial charge in [-0.3, -0.25) is 14.5 Å². The molecule has 1 heterocycles. The molecule has 2 rings (SSSR count). The van der Waals surface area contributed by atoms with Crippen molar-refractivity contribution in [2.75, 3.05) is 25.7 Å². The molecule has 0 unspecified atom stereocenters. The monoisotopic (exact) mass is 379 g/mol. The van der Waals surface area contributed by atoms with Gasteiger partial charge in [-0.2, -0.15) is 11.8 Å². The van der Waals surface area contributed by atoms with Crippen LogP contribution in [-0.2, 0) is 14.4 Å². The van der Waals surface area contributed by atoms with Gasteiger partial charge in [0.15, 0.2) is 0 Å². The number of imide groups is 1. The molecular formula is C17H21N3O5S. The molecule has 1 aliphatic heterocycles. The van der Waals surface area contributed by atoms with Gasteiger partial charge in [-0.15, -0.1) is 0 Å². The molecule has 0 saturated heterocycles. The minimum atomic E-state index is -1.06. The highest BCUT2D eigenvalue weighted by Gasteiger charge is 2.43. The summed E-state index contributed by atoms with van der Waals surface area (Å²) in [6.07, 6.45) is 2.43. The van der Waals surface area contributed by atoms with Crippen molar-refractivity contribution >= 4 is 35.4 Å². The van der Waals surface area contributed by atoms with E-state index in [-0.39, 0.29) is 23.4 Å². The highest BCUT2D eigenvalue weighted by molar-refractivity contribution is 7.98. The topological polar surface area (TPSA) is 111 Å². The van der Waals surface area contributed by atoms with Crippen molar-refractivity contribution in [3.05, 3.63) is 35.4 Å². The van der Waals surface area contributed by atoms with E-state index in [4.69, 9.17) is 15.3 Å². The lowest BCUT2D eigenvalue weighted by atomic mass is 10.1. The zero-order chi connectivity index (χ0) is 19.1. The lowest BCUT2D eigenvalue weighted by molar-refractivity contribution is -0.148. The smallest absolute Gasteiger partial charge is 0.357 e. The summed E-state index contributed by atoms with van der Waals surface area (Å²) in [6.45, 7) is 0.335. The number of carbonyl (C=O) groups is 3. The lowest BCUT2D eigenvalue weighted by Gasteiger charge is -2.23. The quantitative estimate of drug-likeness (QED) is 0.226. The Morgan fingerprint density at radius 3 is 2.42 bits per heavy atom. The summed E-state index contributed by atoms with van der Waals surface area (Å²) in [5.41, 5.74) is 6.19. The number of nitrogens with zero attached hydrogens (tertiary/aromatic N) is 2. The predicted molar refractivity (Wildman–Crippen MR) is 97.9 cm³/mol. The largest absolute Gasteiger partial charge is 0.384 e. The number of fused-ring (bicyclic) bond motifs is 1. The molecule has 0 aromatic heterocycles. The van der Waals surface area contributed by atoms with Crippen LogP contribution in [0.3, 0.4) is 0 Å². The van der Waals surface area contributed by atoms with Gasteiger partial charge in [0.05, 0.1) is 17.7 Å². The zero-order valence-electron chi connectivity index (χ0n) is 14.6. The highest BCUT2D eigenvalue weighted by Crippen LogP contribution is 2.26. The zero-order valence-corrected chi connectivity index (χ0v) is 15.5. The molecule has 9 heteroatoms. The Hall–Kier alpha value is -2.39. The number of ether oxygens (including phenoxy) is 1. The van der Waals surface area contributed by atoms with Crippen molar-refractivity contribution < 1.29 is 24.0 Å². The molecule has 0 fully saturated rings. The summed E-state index contributed by atoms with van der Waals surface area (Å²) in [4.78, 5) is 43.5. The van der Waals surface area contributed by atoms with E-state index in [1.165, 1.54) is 18.9 Å². The first-order valence-corrected chi connectivity index (χ1v) is 9.38. The number of hydrogen-bond acceptors (Lipinski definition) is 7. The second-order valence-corrected chi connectivity index (χ2v) is 6.54. The number of methoxy groups -OCH3 is 1. The van der Waals surface area contributed by atoms with Gasteiger partial charge in [0.2, 0.25) is 0 Å². The number of hydrogen-bond donors (Lipinski definition) is 1. The maximum absolute atomic E-state index is 12.6. The third-order valence-corrected chi connectivity index (χ3v) is 4.46. The molecule has 0 spiro atoms. The Kier molecular flexibility index (Phi) is 7.16. The van der Waals surface area contributed by atoms with Crippen molar-refractivity contribution in [2.24, 2.45) is 10.9 Å². The normalized spacial score (nSPS) is 15.2. The Morgan fingerprint density at radius 1 is 1.27 bits per heavy atom. The van der Waals surface area contributed by atoms with Crippen LogP contribution >= 0.6 is 11.8 Å². The molecule has 8 nitrogen and oxygen atoms in total. The first-order chi connectivity index (χ1) is 12.5. The van der Waals surface area contributed by atoms with Gasteiger partial charge in [0.1, 0.15) is 11.9 Å². The van der Waals surface area contributed by atoms with E-state index in [2.05, 4.69) is 5.16 Å². The molecular weight excluding hydrogens is 358 g/mol. The van der Waals surface area contributed by atoms with Gasteiger partial charge in [-0.05, 0) is 30.6 Å². The van der Waals surface area contributed by atoms with E-state index in [1.807, 2.05) is 6.26 Å². The maximum Gasteiger partial charge on any atom is 0.357 e. The molecule has 1 atom stereocenters. The summed E-state index contributed by atoms with van der Waals surface area (Å²) in [7, 11) is 1.51. The van der Waals surface area contributed by atoms with Gasteiger partial charge >= 0.3 is 5.97 Å². The molecule has 1 aromatic carbocycles. The molecule has 0 radical (unpaired) electrons. The van der Waals surface area contributed by atoms with Crippen molar-refractivity contribution in [1.82, 2.24) is 4.90 Å². The second kappa shape index (κ2) is 9.35. The number of oxime groups is 1. The minimum Gasteiger partial charge on any atom is -0.384 e. The molecule has 2 amide bonds. The first kappa shape index (κ1) is 19.9. The molecule has 0 bridgehead atoms. The van der Waals surface area contributed by atoms with Crippen LogP contribution in [0, 0.1) is 0 Å². The average Bonchev–Trinajstić information content (AvgIpc) is 2.90. The van der Waals surface area contributed by atoms with E-state index in [1.54, 1.807) is 24.3 Å². The molecule has 0 aliphatic carbocycles. The van der Waals surface area contributed by atoms with Crippen LogP contribution in [0.5, 0.6) is 0 Å². The number of thioether (sulfide) groups is 1. The van der Waals surface area contributed by atoms with Crippen molar-refractivity contribution in [1.29, 1.82) is 0 Å². The lowest BCUT2D eigenvalue weighted by Crippen LogP contribution is -2.45. The Morgan fingerprint density at radius 2 is 1.88 bits per heavy atom. The fourth-order valence-electron chi connectivity index (χ4n) is 2.49. The summed E-state index contributed by atoms with van der Waals surface area (Å²) in [5, 5.41) is 3.57. The van der Waals surface area contributed by atoms with Crippen molar-refractivity contribution in [2.45, 2.75) is 18.9 Å². The maximum atomic E-state index is 12.6. The number of carbonyl (C=O) groups excluding carboxylic acids is 3. The fraction of sp³-hybridized carbons (Fsp3) is 0.412. The Bertz CT molecular complexity index is 687. The van der Waals surface area contributed by atoms with Gasteiger partial charge in [-0.1, -0.05) is 17.3 Å². The van der Waals surface area contributed by atoms with Crippen LogP contribution in [0.2, 0.25) is 0 Å². The molecule has 26 heavy (non-hydrogen) atoms. The molecule has 1 aromatic rings. The summed E-state index contributed by atoms with van der Waals surface area (Å²) in [6, 6.07) is 5.40. The van der Waals surface area contributed by atoms with E-state index in [0.29, 0.717) is 18.8 Å². The Labute approximate surface area is 155 Å². The van der Waals surface area contributed by atoms with Crippen LogP contribution in [0.15, 0.2) is 29.4 Å². The summed E-state index contributed by atoms with van der Waals surface area (Å²) < 4.78 is 4.86. The van der Waals surface area contributed by atoms with Gasteiger partial charge in [-0.25, -0.2) is 4.79 Å². The molecule has 1 aliphatic rings. The number of amidine groups is 1. The van der Waals surface area contributed by atoms with Gasteiger partial charge in [0.25, 0.3) is 11.8 Å². The van der Waals surface area contributed by atoms with Crippen LogP contribution < -0.4 is 5.73 Å². The molecule has 2 N–H and O–H groups in total. The Balaban J connectivity index is 2.18. The minimum absolute atomic E-state index is 0.0891. The van der Waals surface area contributed by atoms with E-state index in [9.17, 15) is 14.4 Å². The van der Waals surface area contributed by atoms with Gasteiger partial charge < -0.3 is 15.3 Å². The van der Waals surface area contributed by atoms with Crippen LogP contribution in [0.4, 0.5) is 0 Å². The van der Waals surface area contributed by atoms with Crippen LogP contribution in [0.1, 0.15) is 33.6 Å². The SMILES string of the molecule is COCC/C(N)=N\OC(=O)[C@H](CCSC)N1C(=O)c2ccccc2C1=O. The van der Waals surface area contributed by atoms with E-state index >= 15 is 0 Å². The van der Waals surface area contributed by atoms with Crippen LogP contribution in [0.25, 0.3) is 0 Å².